The summed E-state index contributed by atoms with van der Waals surface area (Å²) in [4.78, 5) is 113. The molecule has 6 aromatic carbocycles. The third-order valence-electron chi connectivity index (χ3n) is 18.7. The Kier molecular flexibility index (Phi) is 28.9. The van der Waals surface area contributed by atoms with Gasteiger partial charge in [-0.3, -0.25) is 19.2 Å². The molecule has 2 aliphatic heterocycles. The van der Waals surface area contributed by atoms with E-state index in [1.807, 2.05) is 74.5 Å². The molecule has 9 rings (SSSR count). The molecule has 15 nitrogen and oxygen atoms in total. The Morgan fingerprint density at radius 3 is 0.980 bits per heavy atom. The van der Waals surface area contributed by atoms with Gasteiger partial charge >= 0.3 is 23.3 Å². The Bertz CT molecular complexity index is 4170. The van der Waals surface area contributed by atoms with Crippen LogP contribution in [-0.4, -0.2) is 45.5 Å². The fraction of sp³-hybridized carbons (Fsp3) is 0.471. The molecule has 2 amide bonds. The van der Waals surface area contributed by atoms with Gasteiger partial charge in [0.15, 0.2) is 0 Å². The van der Waals surface area contributed by atoms with Gasteiger partial charge < -0.3 is 14.3 Å². The van der Waals surface area contributed by atoms with Crippen LogP contribution in [0.15, 0.2) is 133 Å². The van der Waals surface area contributed by atoms with E-state index < -0.39 is 34.8 Å². The maximum absolute atomic E-state index is 13.6. The average molecular weight is 1360 g/mol. The van der Waals surface area contributed by atoms with Gasteiger partial charge in [0.2, 0.25) is 6.08 Å². The largest absolute Gasteiger partial charge is 0.481 e. The SMILES string of the molecule is CC(=O)O.CC(C)C(c1ccc(N=C=O)cc1)C(C)C.CC(C)c1cc2c(=O)oc(=O)n(-c3ccc(C(C(C)C)C(C)C)cc3)c(=O)c2cc1C(C)C.CC(C)c1cc2c(cc1C(C)C)C(=O)N(c1ccc(C(C(C)C)C(C)C)cc1)C2=O.CC(C)c1cc2c(cc1C(C)C)C(=O)OC2=O. The van der Waals surface area contributed by atoms with Crippen molar-refractivity contribution in [1.29, 1.82) is 0 Å². The fourth-order valence-corrected chi connectivity index (χ4v) is 14.4. The Balaban J connectivity index is 0.000000246. The number of fused-ring (bicyclic) bond motifs is 3. The highest BCUT2D eigenvalue weighted by Gasteiger charge is 2.39. The monoisotopic (exact) mass is 1360 g/mol. The summed E-state index contributed by atoms with van der Waals surface area (Å²) >= 11 is 0. The van der Waals surface area contributed by atoms with Gasteiger partial charge in [0.05, 0.1) is 50.1 Å². The minimum absolute atomic E-state index is 0.139. The van der Waals surface area contributed by atoms with Gasteiger partial charge in [-0.05, 0) is 212 Å². The summed E-state index contributed by atoms with van der Waals surface area (Å²) in [5, 5.41) is 7.76. The lowest BCUT2D eigenvalue weighted by atomic mass is 9.80. The number of aliphatic carboxylic acids is 1. The quantitative estimate of drug-likeness (QED) is 0.0279. The molecule has 2 aliphatic rings. The second kappa shape index (κ2) is 35.4. The summed E-state index contributed by atoms with van der Waals surface area (Å²) in [7, 11) is 0. The van der Waals surface area contributed by atoms with E-state index in [-0.39, 0.29) is 34.4 Å². The lowest BCUT2D eigenvalue weighted by Gasteiger charge is -2.26. The first-order valence-corrected chi connectivity index (χ1v) is 35.5. The zero-order valence-electron chi connectivity index (χ0n) is 63.8. The number of imide groups is 1. The van der Waals surface area contributed by atoms with E-state index in [0.717, 1.165) is 50.4 Å². The molecule has 0 bridgehead atoms. The fourth-order valence-electron chi connectivity index (χ4n) is 14.4. The van der Waals surface area contributed by atoms with Crippen molar-refractivity contribution in [3.8, 4) is 5.69 Å². The molecule has 1 aromatic heterocycles. The van der Waals surface area contributed by atoms with Crippen molar-refractivity contribution in [2.45, 2.75) is 226 Å². The van der Waals surface area contributed by atoms with Crippen LogP contribution in [0.25, 0.3) is 16.5 Å². The molecular weight excluding hydrogens is 1250 g/mol. The molecule has 1 N–H and O–H groups in total. The maximum atomic E-state index is 13.6. The molecule has 0 saturated carbocycles. The number of esters is 2. The third-order valence-corrected chi connectivity index (χ3v) is 18.7. The molecule has 0 radical (unpaired) electrons. The predicted molar refractivity (Wildman–Crippen MR) is 404 cm³/mol. The third kappa shape index (κ3) is 19.5. The molecule has 0 saturated heterocycles. The van der Waals surface area contributed by atoms with Crippen LogP contribution in [0.1, 0.15) is 318 Å². The minimum Gasteiger partial charge on any atom is -0.481 e. The Morgan fingerprint density at radius 2 is 0.680 bits per heavy atom. The van der Waals surface area contributed by atoms with E-state index in [1.54, 1.807) is 30.3 Å². The Hall–Kier alpha value is -8.94. The van der Waals surface area contributed by atoms with Crippen molar-refractivity contribution in [2.75, 3.05) is 4.90 Å². The number of carboxylic acids is 1. The number of cyclic esters (lactones) is 2. The number of benzene rings is 6. The number of hydrogen-bond acceptors (Lipinski definition) is 12. The number of carboxylic acid groups (broad SMARTS) is 1. The second-order valence-electron chi connectivity index (χ2n) is 30.5. The zero-order valence-corrected chi connectivity index (χ0v) is 63.8. The van der Waals surface area contributed by atoms with Gasteiger partial charge in [0.1, 0.15) is 0 Å². The topological polar surface area (TPSA) is 217 Å². The van der Waals surface area contributed by atoms with Crippen LogP contribution in [-0.2, 0) is 14.3 Å². The number of anilines is 1. The van der Waals surface area contributed by atoms with Crippen LogP contribution in [0.5, 0.6) is 0 Å². The Labute approximate surface area is 592 Å². The molecule has 0 fully saturated rings. The highest BCUT2D eigenvalue weighted by molar-refractivity contribution is 6.34. The number of carbonyl (C=O) groups is 5. The predicted octanol–water partition coefficient (Wildman–Crippen LogP) is 20.5. The van der Waals surface area contributed by atoms with Crippen LogP contribution in [0.4, 0.5) is 11.4 Å². The molecular formula is C85H109N3O12. The minimum atomic E-state index is -0.976. The van der Waals surface area contributed by atoms with Gasteiger partial charge in [0, 0.05) is 6.92 Å². The average Bonchev–Trinajstić information content (AvgIpc) is 1.61. The van der Waals surface area contributed by atoms with Crippen molar-refractivity contribution in [3.05, 3.63) is 213 Å². The van der Waals surface area contributed by atoms with E-state index in [1.165, 1.54) is 16.0 Å². The first-order valence-electron chi connectivity index (χ1n) is 35.5. The van der Waals surface area contributed by atoms with Crippen molar-refractivity contribution in [2.24, 2.45) is 40.5 Å². The van der Waals surface area contributed by atoms with Gasteiger partial charge in [-0.2, -0.15) is 4.99 Å². The molecule has 15 heteroatoms. The number of amides is 2. The number of ether oxygens (including phenoxy) is 1. The summed E-state index contributed by atoms with van der Waals surface area (Å²) in [5.41, 5.74) is 12.5. The Morgan fingerprint density at radius 1 is 0.400 bits per heavy atom. The maximum Gasteiger partial charge on any atom is 0.429 e. The van der Waals surface area contributed by atoms with Crippen molar-refractivity contribution in [1.82, 2.24) is 4.57 Å². The van der Waals surface area contributed by atoms with Crippen molar-refractivity contribution >= 4 is 57.9 Å². The number of isocyanates is 1. The molecule has 7 aromatic rings. The molecule has 3 heterocycles. The normalized spacial score (nSPS) is 12.7. The smallest absolute Gasteiger partial charge is 0.429 e. The van der Waals surface area contributed by atoms with Gasteiger partial charge in [-0.1, -0.05) is 203 Å². The summed E-state index contributed by atoms with van der Waals surface area (Å²) in [6.07, 6.45) is 1.55. The highest BCUT2D eigenvalue weighted by Crippen LogP contribution is 2.40. The molecule has 0 spiro atoms. The number of aromatic nitrogens is 1. The number of aliphatic imine (C=N–C) groups is 1. The number of hydrogen-bond donors (Lipinski definition) is 1. The summed E-state index contributed by atoms with van der Waals surface area (Å²) < 4.78 is 10.7. The first kappa shape index (κ1) is 81.7. The molecule has 100 heavy (non-hydrogen) atoms. The van der Waals surface area contributed by atoms with E-state index in [9.17, 15) is 38.4 Å². The highest BCUT2D eigenvalue weighted by atomic mass is 16.6. The number of carbonyl (C=O) groups excluding carboxylic acids is 5. The molecule has 0 unspecified atom stereocenters. The van der Waals surface area contributed by atoms with Gasteiger partial charge in [-0.15, -0.1) is 0 Å². The summed E-state index contributed by atoms with van der Waals surface area (Å²) in [6, 6.07) is 34.2. The van der Waals surface area contributed by atoms with E-state index >= 15 is 0 Å². The van der Waals surface area contributed by atoms with Crippen LogP contribution in [0.2, 0.25) is 0 Å². The molecule has 536 valence electrons. The van der Waals surface area contributed by atoms with Crippen LogP contribution >= 0.6 is 0 Å². The van der Waals surface area contributed by atoms with Crippen molar-refractivity contribution < 1.29 is 43.0 Å². The van der Waals surface area contributed by atoms with Crippen LogP contribution in [0, 0.1) is 35.5 Å². The first-order chi connectivity index (χ1) is 46.7. The number of nitrogens with zero attached hydrogens (tertiary/aromatic N) is 3. The van der Waals surface area contributed by atoms with Crippen LogP contribution in [0.3, 0.4) is 0 Å². The summed E-state index contributed by atoms with van der Waals surface area (Å²) in [6.45, 7) is 52.8. The van der Waals surface area contributed by atoms with Gasteiger partial charge in [0.25, 0.3) is 23.3 Å². The molecule has 0 aliphatic carbocycles. The second-order valence-corrected chi connectivity index (χ2v) is 30.5. The lowest BCUT2D eigenvalue weighted by molar-refractivity contribution is -0.134. The zero-order chi connectivity index (χ0) is 75.4. The van der Waals surface area contributed by atoms with E-state index in [2.05, 4.69) is 186 Å². The van der Waals surface area contributed by atoms with E-state index in [4.69, 9.17) is 14.3 Å². The van der Waals surface area contributed by atoms with Gasteiger partial charge in [-0.25, -0.2) is 33.4 Å². The number of rotatable bonds is 18. The van der Waals surface area contributed by atoms with E-state index in [0.29, 0.717) is 116 Å². The molecule has 0 atom stereocenters. The lowest BCUT2D eigenvalue weighted by Crippen LogP contribution is -2.29. The summed E-state index contributed by atoms with van der Waals surface area (Å²) in [5.74, 6) is 2.80. The standard InChI is InChI=1S/C28H35NO4.C27H35NO2.C14H19NO.C14H16O3.C2H4O2/c1-15(2)21-13-23-24(14-22(21)16(3)4)27(31)33-28(32)29(26(23)30)20-11-9-19(10-12-20)25(17(5)6)18(7)8;1-15(2)21-13-23-24(14-22(21)16(3)4)27(30)28(26(23)29)20-11-9-19(10-12-20)25(17(5)6)18(7)8;1-10(2)14(11(3)4)12-5-7-13(8-6-12)15-9-16;1-7(2)9-5-11-12(6-10(9)8(3)4)14(16)17-13(11)15;1-2(3)4/h9-18,25H,1-8H3;9-18,25H,1-8H3;5-8,10-11,14H,1-4H3;5-8H,1-4H3;1H3,(H,3,4). The van der Waals surface area contributed by atoms with Crippen LogP contribution < -0.4 is 21.8 Å². The van der Waals surface area contributed by atoms with Crippen molar-refractivity contribution in [3.63, 3.8) is 0 Å².